The lowest BCUT2D eigenvalue weighted by atomic mass is 10.0. The zero-order valence-electron chi connectivity index (χ0n) is 13.8. The van der Waals surface area contributed by atoms with Gasteiger partial charge >= 0.3 is 5.97 Å². The number of anilines is 1. The number of phenols is 3. The summed E-state index contributed by atoms with van der Waals surface area (Å²) in [5, 5.41) is 30.7. The van der Waals surface area contributed by atoms with E-state index < -0.39 is 35.7 Å². The van der Waals surface area contributed by atoms with Gasteiger partial charge in [0, 0.05) is 5.69 Å². The monoisotopic (exact) mass is 345 g/mol. The Labute approximate surface area is 144 Å². The molecule has 1 amide bonds. The summed E-state index contributed by atoms with van der Waals surface area (Å²) < 4.78 is 4.86. The Bertz CT molecular complexity index is 777. The minimum Gasteiger partial charge on any atom is -0.504 e. The topological polar surface area (TPSA) is 116 Å². The fourth-order valence-corrected chi connectivity index (χ4v) is 2.24. The molecule has 0 aliphatic carbocycles. The number of rotatable bonds is 5. The first-order valence-electron chi connectivity index (χ1n) is 7.60. The minimum absolute atomic E-state index is 0.191. The van der Waals surface area contributed by atoms with Gasteiger partial charge in [-0.1, -0.05) is 32.0 Å². The van der Waals surface area contributed by atoms with Crippen LogP contribution in [-0.2, 0) is 9.53 Å². The standard InChI is InChI=1S/C18H19NO6/c1-10(2)12-5-3-4-6-13(12)19-16(22)9-25-18(24)11-7-14(20)17(23)15(21)8-11/h3-8,10,20-21,23H,9H2,1-2H3,(H,19,22). The lowest BCUT2D eigenvalue weighted by molar-refractivity contribution is -0.119. The van der Waals surface area contributed by atoms with Gasteiger partial charge in [-0.3, -0.25) is 4.79 Å². The van der Waals surface area contributed by atoms with Crippen molar-refractivity contribution in [2.24, 2.45) is 0 Å². The fourth-order valence-electron chi connectivity index (χ4n) is 2.24. The lowest BCUT2D eigenvalue weighted by Crippen LogP contribution is -2.21. The highest BCUT2D eigenvalue weighted by Gasteiger charge is 2.16. The molecule has 7 heteroatoms. The lowest BCUT2D eigenvalue weighted by Gasteiger charge is -2.13. The van der Waals surface area contributed by atoms with Gasteiger partial charge in [0.15, 0.2) is 23.9 Å². The molecule has 2 aromatic rings. The Hall–Kier alpha value is -3.22. The number of aromatic hydroxyl groups is 3. The molecule has 0 spiro atoms. The zero-order chi connectivity index (χ0) is 18.6. The maximum atomic E-state index is 12.0. The van der Waals surface area contributed by atoms with Crippen molar-refractivity contribution in [3.63, 3.8) is 0 Å². The average Bonchev–Trinajstić information content (AvgIpc) is 2.57. The van der Waals surface area contributed by atoms with Crippen molar-refractivity contribution in [3.05, 3.63) is 47.5 Å². The van der Waals surface area contributed by atoms with Crippen molar-refractivity contribution >= 4 is 17.6 Å². The van der Waals surface area contributed by atoms with Gasteiger partial charge in [-0.2, -0.15) is 0 Å². The molecule has 0 fully saturated rings. The van der Waals surface area contributed by atoms with Gasteiger partial charge in [-0.25, -0.2) is 4.79 Å². The van der Waals surface area contributed by atoms with Crippen LogP contribution in [0.1, 0.15) is 35.7 Å². The SMILES string of the molecule is CC(C)c1ccccc1NC(=O)COC(=O)c1cc(O)c(O)c(O)c1. The number of amides is 1. The fraction of sp³-hybridized carbons (Fsp3) is 0.222. The molecule has 0 saturated heterocycles. The summed E-state index contributed by atoms with van der Waals surface area (Å²) in [6, 6.07) is 9.18. The van der Waals surface area contributed by atoms with Gasteiger partial charge < -0.3 is 25.4 Å². The van der Waals surface area contributed by atoms with Crippen LogP contribution in [0.5, 0.6) is 17.2 Å². The van der Waals surface area contributed by atoms with E-state index in [0.717, 1.165) is 17.7 Å². The predicted molar refractivity (Wildman–Crippen MR) is 90.9 cm³/mol. The molecular weight excluding hydrogens is 326 g/mol. The number of carbonyl (C=O) groups excluding carboxylic acids is 2. The summed E-state index contributed by atoms with van der Waals surface area (Å²) in [6.07, 6.45) is 0. The number of nitrogens with one attached hydrogen (secondary N) is 1. The normalized spacial score (nSPS) is 10.5. The van der Waals surface area contributed by atoms with Crippen LogP contribution in [0.2, 0.25) is 0 Å². The van der Waals surface area contributed by atoms with E-state index in [4.69, 9.17) is 4.74 Å². The van der Waals surface area contributed by atoms with E-state index in [0.29, 0.717) is 5.69 Å². The van der Waals surface area contributed by atoms with Crippen LogP contribution < -0.4 is 5.32 Å². The molecule has 0 bridgehead atoms. The van der Waals surface area contributed by atoms with E-state index >= 15 is 0 Å². The average molecular weight is 345 g/mol. The Morgan fingerprint density at radius 2 is 1.68 bits per heavy atom. The van der Waals surface area contributed by atoms with Crippen LogP contribution in [-0.4, -0.2) is 33.8 Å². The third-order valence-corrected chi connectivity index (χ3v) is 3.50. The van der Waals surface area contributed by atoms with Crippen molar-refractivity contribution in [3.8, 4) is 17.2 Å². The molecule has 2 rings (SSSR count). The number of para-hydroxylation sites is 1. The number of ether oxygens (including phenoxy) is 1. The molecule has 0 aromatic heterocycles. The number of benzene rings is 2. The molecule has 4 N–H and O–H groups in total. The van der Waals surface area contributed by atoms with Crippen molar-refractivity contribution in [2.45, 2.75) is 19.8 Å². The first kappa shape index (κ1) is 18.1. The molecule has 0 heterocycles. The van der Waals surface area contributed by atoms with Crippen LogP contribution in [0, 0.1) is 0 Å². The molecule has 0 unspecified atom stereocenters. The van der Waals surface area contributed by atoms with Crippen molar-refractivity contribution in [2.75, 3.05) is 11.9 Å². The molecule has 2 aromatic carbocycles. The predicted octanol–water partition coefficient (Wildman–Crippen LogP) is 2.72. The van der Waals surface area contributed by atoms with Crippen LogP contribution in [0.25, 0.3) is 0 Å². The van der Waals surface area contributed by atoms with Gasteiger partial charge in [0.25, 0.3) is 5.91 Å². The van der Waals surface area contributed by atoms with Crippen LogP contribution in [0.3, 0.4) is 0 Å². The first-order chi connectivity index (χ1) is 11.8. The molecule has 0 saturated carbocycles. The number of hydrogen-bond donors (Lipinski definition) is 4. The summed E-state index contributed by atoms with van der Waals surface area (Å²) in [5.74, 6) is -3.29. The maximum Gasteiger partial charge on any atom is 0.338 e. The van der Waals surface area contributed by atoms with E-state index in [1.165, 1.54) is 0 Å². The molecule has 132 valence electrons. The molecule has 0 atom stereocenters. The molecule has 0 aliphatic heterocycles. The summed E-state index contributed by atoms with van der Waals surface area (Å²) in [5.41, 5.74) is 1.40. The summed E-state index contributed by atoms with van der Waals surface area (Å²) in [4.78, 5) is 23.9. The summed E-state index contributed by atoms with van der Waals surface area (Å²) in [6.45, 7) is 3.46. The highest BCUT2D eigenvalue weighted by molar-refractivity contribution is 5.96. The Morgan fingerprint density at radius 1 is 1.08 bits per heavy atom. The first-order valence-corrected chi connectivity index (χ1v) is 7.60. The number of carbonyl (C=O) groups is 2. The highest BCUT2D eigenvalue weighted by atomic mass is 16.5. The van der Waals surface area contributed by atoms with Gasteiger partial charge in [-0.05, 0) is 29.7 Å². The van der Waals surface area contributed by atoms with Crippen LogP contribution in [0.15, 0.2) is 36.4 Å². The van der Waals surface area contributed by atoms with Gasteiger partial charge in [-0.15, -0.1) is 0 Å². The third kappa shape index (κ3) is 4.41. The van der Waals surface area contributed by atoms with Crippen molar-refractivity contribution in [1.29, 1.82) is 0 Å². The third-order valence-electron chi connectivity index (χ3n) is 3.50. The van der Waals surface area contributed by atoms with Crippen molar-refractivity contribution < 1.29 is 29.6 Å². The summed E-state index contributed by atoms with van der Waals surface area (Å²) >= 11 is 0. The largest absolute Gasteiger partial charge is 0.504 e. The van der Waals surface area contributed by atoms with E-state index in [9.17, 15) is 24.9 Å². The second kappa shape index (κ2) is 7.57. The molecule has 0 radical (unpaired) electrons. The Kier molecular flexibility index (Phi) is 5.49. The smallest absolute Gasteiger partial charge is 0.338 e. The second-order valence-corrected chi connectivity index (χ2v) is 5.73. The molecule has 7 nitrogen and oxygen atoms in total. The number of esters is 1. The second-order valence-electron chi connectivity index (χ2n) is 5.73. The number of hydrogen-bond acceptors (Lipinski definition) is 6. The highest BCUT2D eigenvalue weighted by Crippen LogP contribution is 2.35. The quantitative estimate of drug-likeness (QED) is 0.489. The van der Waals surface area contributed by atoms with Crippen molar-refractivity contribution in [1.82, 2.24) is 0 Å². The van der Waals surface area contributed by atoms with Gasteiger partial charge in [0.1, 0.15) is 0 Å². The van der Waals surface area contributed by atoms with Crippen LogP contribution in [0.4, 0.5) is 5.69 Å². The molecule has 25 heavy (non-hydrogen) atoms. The van der Waals surface area contributed by atoms with Gasteiger partial charge in [0.2, 0.25) is 0 Å². The molecule has 0 aliphatic rings. The molecular formula is C18H19NO6. The van der Waals surface area contributed by atoms with Crippen LogP contribution >= 0.6 is 0 Å². The van der Waals surface area contributed by atoms with E-state index in [1.807, 2.05) is 26.0 Å². The summed E-state index contributed by atoms with van der Waals surface area (Å²) in [7, 11) is 0. The maximum absolute atomic E-state index is 12.0. The zero-order valence-corrected chi connectivity index (χ0v) is 13.8. The van der Waals surface area contributed by atoms with E-state index in [-0.39, 0.29) is 11.5 Å². The Balaban J connectivity index is 2.00. The Morgan fingerprint density at radius 3 is 2.28 bits per heavy atom. The van der Waals surface area contributed by atoms with E-state index in [1.54, 1.807) is 12.1 Å². The number of phenolic OH excluding ortho intramolecular Hbond substituents is 3. The van der Waals surface area contributed by atoms with E-state index in [2.05, 4.69) is 5.32 Å². The minimum atomic E-state index is -0.919. The van der Waals surface area contributed by atoms with Gasteiger partial charge in [0.05, 0.1) is 5.56 Å².